The number of aromatic nitrogens is 1. The number of morpholine rings is 1. The Labute approximate surface area is 135 Å². The lowest BCUT2D eigenvalue weighted by Crippen LogP contribution is -2.46. The first-order valence-corrected chi connectivity index (χ1v) is 7.69. The molecule has 2 aromatic rings. The molecule has 22 heavy (non-hydrogen) atoms. The molecule has 3 rings (SSSR count). The number of hydrogen-bond acceptors (Lipinski definition) is 4. The van der Waals surface area contributed by atoms with E-state index in [-0.39, 0.29) is 5.44 Å². The molecular weight excluding hydrogens is 296 g/mol. The Morgan fingerprint density at radius 3 is 2.77 bits per heavy atom. The molecule has 6 heteroatoms. The van der Waals surface area contributed by atoms with Crippen molar-refractivity contribution < 1.29 is 4.74 Å². The number of ether oxygens (including phenoxy) is 1. The van der Waals surface area contributed by atoms with Gasteiger partial charge in [0.05, 0.1) is 13.2 Å². The van der Waals surface area contributed by atoms with Crippen molar-refractivity contribution in [3.05, 3.63) is 54.7 Å². The summed E-state index contributed by atoms with van der Waals surface area (Å²) in [6, 6.07) is 15.7. The zero-order chi connectivity index (χ0) is 15.2. The predicted molar refractivity (Wildman–Crippen MR) is 91.7 cm³/mol. The van der Waals surface area contributed by atoms with E-state index in [4.69, 9.17) is 4.74 Å². The van der Waals surface area contributed by atoms with Crippen molar-refractivity contribution in [1.82, 2.24) is 9.88 Å². The highest BCUT2D eigenvalue weighted by atomic mass is 32.1. The maximum atomic E-state index is 5.48. The van der Waals surface area contributed by atoms with Gasteiger partial charge in [-0.3, -0.25) is 0 Å². The zero-order valence-electron chi connectivity index (χ0n) is 12.1. The minimum atomic E-state index is -0.111. The molecule has 0 radical (unpaired) electrons. The molecule has 5 nitrogen and oxygen atoms in total. The standard InChI is InChI=1S/C16H18N4OS/c22-15-12-20(10-11-21-15)16(18-13-6-2-1-3-7-13)19-14-8-4-5-9-17-14/h1-9,15,22H,10-12H2,(H,17,18,19). The number of aliphatic imine (C=N–C) groups is 1. The van der Waals surface area contributed by atoms with Crippen molar-refractivity contribution in [2.75, 3.05) is 25.0 Å². The Balaban J connectivity index is 1.86. The van der Waals surface area contributed by atoms with Gasteiger partial charge < -0.3 is 15.0 Å². The van der Waals surface area contributed by atoms with E-state index in [9.17, 15) is 0 Å². The molecule has 2 heterocycles. The summed E-state index contributed by atoms with van der Waals surface area (Å²) in [7, 11) is 0. The number of para-hydroxylation sites is 1. The van der Waals surface area contributed by atoms with Crippen LogP contribution < -0.4 is 5.32 Å². The Hall–Kier alpha value is -2.05. The largest absolute Gasteiger partial charge is 0.364 e. The summed E-state index contributed by atoms with van der Waals surface area (Å²) in [4.78, 5) is 11.0. The summed E-state index contributed by atoms with van der Waals surface area (Å²) < 4.78 is 5.48. The molecule has 1 saturated heterocycles. The van der Waals surface area contributed by atoms with Gasteiger partial charge in [0.1, 0.15) is 5.44 Å². The van der Waals surface area contributed by atoms with Gasteiger partial charge >= 0.3 is 0 Å². The van der Waals surface area contributed by atoms with Crippen LogP contribution in [-0.2, 0) is 4.74 Å². The van der Waals surface area contributed by atoms with E-state index in [0.717, 1.165) is 18.2 Å². The van der Waals surface area contributed by atoms with Gasteiger partial charge in [-0.1, -0.05) is 24.3 Å². The number of pyridine rings is 1. The number of rotatable bonds is 2. The summed E-state index contributed by atoms with van der Waals surface area (Å²) in [6.45, 7) is 2.07. The van der Waals surface area contributed by atoms with E-state index in [1.807, 2.05) is 48.5 Å². The summed E-state index contributed by atoms with van der Waals surface area (Å²) >= 11 is 4.41. The average molecular weight is 314 g/mol. The van der Waals surface area contributed by atoms with Crippen molar-refractivity contribution in [1.29, 1.82) is 0 Å². The molecule has 1 atom stereocenters. The van der Waals surface area contributed by atoms with Crippen molar-refractivity contribution in [2.45, 2.75) is 5.44 Å². The highest BCUT2D eigenvalue weighted by Gasteiger charge is 2.21. The fourth-order valence-corrected chi connectivity index (χ4v) is 2.48. The summed E-state index contributed by atoms with van der Waals surface area (Å²) in [5.41, 5.74) is 0.875. The molecule has 0 bridgehead atoms. The summed E-state index contributed by atoms with van der Waals surface area (Å²) in [5, 5.41) is 3.36. The van der Waals surface area contributed by atoms with E-state index in [2.05, 4.69) is 32.8 Å². The summed E-state index contributed by atoms with van der Waals surface area (Å²) in [6.07, 6.45) is 1.74. The van der Waals surface area contributed by atoms with E-state index in [0.29, 0.717) is 19.0 Å². The van der Waals surface area contributed by atoms with Crippen molar-refractivity contribution in [3.63, 3.8) is 0 Å². The maximum Gasteiger partial charge on any atom is 0.205 e. The second-order valence-corrected chi connectivity index (χ2v) is 5.46. The number of thiol groups is 1. The first-order valence-electron chi connectivity index (χ1n) is 7.18. The van der Waals surface area contributed by atoms with Crippen LogP contribution in [0.5, 0.6) is 0 Å². The normalized spacial score (nSPS) is 19.0. The van der Waals surface area contributed by atoms with Gasteiger partial charge in [0.15, 0.2) is 5.82 Å². The Kier molecular flexibility index (Phi) is 4.92. The fourth-order valence-electron chi connectivity index (χ4n) is 2.18. The van der Waals surface area contributed by atoms with Crippen LogP contribution in [0.2, 0.25) is 0 Å². The Morgan fingerprint density at radius 1 is 1.23 bits per heavy atom. The SMILES string of the molecule is SC1CN(/C(=N\c2ccccn2)Nc2ccccc2)CCO1. The number of guanidine groups is 1. The second-order valence-electron chi connectivity index (χ2n) is 4.89. The van der Waals surface area contributed by atoms with E-state index in [1.54, 1.807) is 6.20 Å². The average Bonchev–Trinajstić information content (AvgIpc) is 2.56. The molecule has 0 spiro atoms. The molecule has 0 aliphatic carbocycles. The van der Waals surface area contributed by atoms with Crippen LogP contribution in [0, 0.1) is 0 Å². The first-order chi connectivity index (χ1) is 10.8. The Bertz CT molecular complexity index is 621. The quantitative estimate of drug-likeness (QED) is 0.508. The second kappa shape index (κ2) is 7.29. The molecule has 1 aliphatic rings. The van der Waals surface area contributed by atoms with Gasteiger partial charge in [-0.2, -0.15) is 4.99 Å². The van der Waals surface area contributed by atoms with Crippen LogP contribution in [0.1, 0.15) is 0 Å². The van der Waals surface area contributed by atoms with Crippen LogP contribution in [0.3, 0.4) is 0 Å². The monoisotopic (exact) mass is 314 g/mol. The number of nitrogens with zero attached hydrogens (tertiary/aromatic N) is 3. The van der Waals surface area contributed by atoms with Gasteiger partial charge in [-0.05, 0) is 24.3 Å². The highest BCUT2D eigenvalue weighted by Crippen LogP contribution is 2.15. The molecule has 1 N–H and O–H groups in total. The maximum absolute atomic E-state index is 5.48. The van der Waals surface area contributed by atoms with Crippen molar-refractivity contribution >= 4 is 30.1 Å². The van der Waals surface area contributed by atoms with Crippen LogP contribution in [0.15, 0.2) is 59.7 Å². The number of anilines is 1. The lowest BCUT2D eigenvalue weighted by molar-refractivity contribution is 0.0473. The third-order valence-electron chi connectivity index (χ3n) is 3.25. The highest BCUT2D eigenvalue weighted by molar-refractivity contribution is 7.80. The molecule has 114 valence electrons. The summed E-state index contributed by atoms with van der Waals surface area (Å²) in [5.74, 6) is 1.43. The van der Waals surface area contributed by atoms with Gasteiger partial charge in [-0.15, -0.1) is 12.6 Å². The Morgan fingerprint density at radius 2 is 2.05 bits per heavy atom. The van der Waals surface area contributed by atoms with Crippen LogP contribution >= 0.6 is 12.6 Å². The molecule has 1 fully saturated rings. The van der Waals surface area contributed by atoms with E-state index >= 15 is 0 Å². The predicted octanol–water partition coefficient (Wildman–Crippen LogP) is 2.77. The lowest BCUT2D eigenvalue weighted by Gasteiger charge is -2.33. The molecule has 1 aromatic heterocycles. The molecule has 1 unspecified atom stereocenters. The molecule has 1 aliphatic heterocycles. The van der Waals surface area contributed by atoms with Gasteiger partial charge in [-0.25, -0.2) is 4.98 Å². The van der Waals surface area contributed by atoms with E-state index < -0.39 is 0 Å². The minimum absolute atomic E-state index is 0.111. The van der Waals surface area contributed by atoms with Crippen molar-refractivity contribution in [3.8, 4) is 0 Å². The topological polar surface area (TPSA) is 49.8 Å². The number of hydrogen-bond donors (Lipinski definition) is 2. The fraction of sp³-hybridized carbons (Fsp3) is 0.250. The van der Waals surface area contributed by atoms with Crippen LogP contribution in [0.25, 0.3) is 0 Å². The van der Waals surface area contributed by atoms with Gasteiger partial charge in [0.2, 0.25) is 5.96 Å². The zero-order valence-corrected chi connectivity index (χ0v) is 13.0. The van der Waals surface area contributed by atoms with Crippen LogP contribution in [0.4, 0.5) is 11.5 Å². The third kappa shape index (κ3) is 3.99. The number of nitrogens with one attached hydrogen (secondary N) is 1. The van der Waals surface area contributed by atoms with Gasteiger partial charge in [0, 0.05) is 18.4 Å². The minimum Gasteiger partial charge on any atom is -0.364 e. The molecule has 0 amide bonds. The lowest BCUT2D eigenvalue weighted by atomic mass is 10.3. The van der Waals surface area contributed by atoms with Gasteiger partial charge in [0.25, 0.3) is 0 Å². The van der Waals surface area contributed by atoms with Crippen molar-refractivity contribution in [2.24, 2.45) is 4.99 Å². The third-order valence-corrected chi connectivity index (χ3v) is 3.56. The molecular formula is C16H18N4OS. The molecule has 1 aromatic carbocycles. The number of benzene rings is 1. The first kappa shape index (κ1) is 14.9. The van der Waals surface area contributed by atoms with E-state index in [1.165, 1.54) is 0 Å². The van der Waals surface area contributed by atoms with Crippen LogP contribution in [-0.4, -0.2) is 41.0 Å². The molecule has 0 saturated carbocycles. The smallest absolute Gasteiger partial charge is 0.205 e.